The van der Waals surface area contributed by atoms with Gasteiger partial charge in [0.25, 0.3) is 5.56 Å². The van der Waals surface area contributed by atoms with Crippen LogP contribution in [0.1, 0.15) is 5.69 Å². The number of carbonyl (C=O) groups is 1. The zero-order chi connectivity index (χ0) is 16.2. The van der Waals surface area contributed by atoms with E-state index in [0.717, 1.165) is 0 Å². The zero-order valence-electron chi connectivity index (χ0n) is 11.8. The zero-order valence-corrected chi connectivity index (χ0v) is 11.8. The summed E-state index contributed by atoms with van der Waals surface area (Å²) in [6.45, 7) is 0. The smallest absolute Gasteiger partial charge is 0.276 e. The number of nitrogens with one attached hydrogen (secondary N) is 2. The molecule has 0 atom stereocenters. The van der Waals surface area contributed by atoms with Gasteiger partial charge in [-0.3, -0.25) is 15.0 Å². The van der Waals surface area contributed by atoms with E-state index in [1.807, 2.05) is 0 Å². The van der Waals surface area contributed by atoms with Crippen LogP contribution in [0.3, 0.4) is 0 Å². The van der Waals surface area contributed by atoms with Crippen LogP contribution in [0.2, 0.25) is 0 Å². The van der Waals surface area contributed by atoms with Gasteiger partial charge in [-0.1, -0.05) is 18.2 Å². The standard InChI is InChI=1S/C16H11FN4O2/c17-10-4-3-5-11(8-10)20-21-14(9-22)15-16(23)19-13-7-2-1-6-12(13)18-15/h1-9,20H,(H,19,23)/b21-14+. The normalized spacial score (nSPS) is 11.4. The van der Waals surface area contributed by atoms with Crippen molar-refractivity contribution >= 4 is 28.7 Å². The van der Waals surface area contributed by atoms with Crippen LogP contribution in [-0.2, 0) is 4.79 Å². The lowest BCUT2D eigenvalue weighted by atomic mass is 10.2. The van der Waals surface area contributed by atoms with E-state index in [9.17, 15) is 14.0 Å². The van der Waals surface area contributed by atoms with Crippen LogP contribution in [-0.4, -0.2) is 22.0 Å². The third-order valence-corrected chi connectivity index (χ3v) is 3.08. The van der Waals surface area contributed by atoms with Gasteiger partial charge in [-0.2, -0.15) is 5.10 Å². The van der Waals surface area contributed by atoms with Crippen molar-refractivity contribution < 1.29 is 9.18 Å². The van der Waals surface area contributed by atoms with Crippen LogP contribution in [0, 0.1) is 5.82 Å². The average molecular weight is 310 g/mol. The van der Waals surface area contributed by atoms with Gasteiger partial charge in [-0.05, 0) is 30.3 Å². The molecule has 3 rings (SSSR count). The minimum absolute atomic E-state index is 0.109. The Balaban J connectivity index is 2.00. The molecule has 2 aromatic carbocycles. The summed E-state index contributed by atoms with van der Waals surface area (Å²) >= 11 is 0. The van der Waals surface area contributed by atoms with Gasteiger partial charge in [-0.15, -0.1) is 0 Å². The molecule has 0 fully saturated rings. The first-order valence-electron chi connectivity index (χ1n) is 6.71. The van der Waals surface area contributed by atoms with Crippen molar-refractivity contribution in [3.8, 4) is 0 Å². The van der Waals surface area contributed by atoms with E-state index in [1.54, 1.807) is 30.3 Å². The lowest BCUT2D eigenvalue weighted by Gasteiger charge is -2.03. The molecule has 0 radical (unpaired) electrons. The number of hydrogen-bond donors (Lipinski definition) is 2. The van der Waals surface area contributed by atoms with Crippen LogP contribution in [0.4, 0.5) is 10.1 Å². The van der Waals surface area contributed by atoms with Crippen LogP contribution < -0.4 is 11.0 Å². The molecule has 6 nitrogen and oxygen atoms in total. The number of anilines is 1. The predicted octanol–water partition coefficient (Wildman–Crippen LogP) is 2.08. The molecule has 3 aromatic rings. The molecule has 7 heteroatoms. The number of aldehydes is 1. The number of nitrogens with zero attached hydrogens (tertiary/aromatic N) is 2. The number of rotatable bonds is 4. The fraction of sp³-hybridized carbons (Fsp3) is 0. The highest BCUT2D eigenvalue weighted by atomic mass is 19.1. The summed E-state index contributed by atoms with van der Waals surface area (Å²) in [5.74, 6) is -0.445. The summed E-state index contributed by atoms with van der Waals surface area (Å²) in [6.07, 6.45) is 0.415. The molecule has 0 amide bonds. The van der Waals surface area contributed by atoms with E-state index in [0.29, 0.717) is 23.0 Å². The lowest BCUT2D eigenvalue weighted by molar-refractivity contribution is -0.102. The third kappa shape index (κ3) is 3.13. The van der Waals surface area contributed by atoms with Gasteiger partial charge < -0.3 is 4.98 Å². The van der Waals surface area contributed by atoms with Crippen molar-refractivity contribution in [3.63, 3.8) is 0 Å². The monoisotopic (exact) mass is 310 g/mol. The summed E-state index contributed by atoms with van der Waals surface area (Å²) in [5.41, 5.74) is 3.15. The van der Waals surface area contributed by atoms with E-state index < -0.39 is 11.4 Å². The molecule has 1 aromatic heterocycles. The number of hydrazone groups is 1. The third-order valence-electron chi connectivity index (χ3n) is 3.08. The molecule has 114 valence electrons. The number of benzene rings is 2. The molecule has 0 spiro atoms. The predicted molar refractivity (Wildman–Crippen MR) is 85.0 cm³/mol. The molecule has 1 heterocycles. The van der Waals surface area contributed by atoms with Crippen LogP contribution in [0.5, 0.6) is 0 Å². The second-order valence-electron chi connectivity index (χ2n) is 4.67. The van der Waals surface area contributed by atoms with Crippen molar-refractivity contribution in [2.24, 2.45) is 5.10 Å². The Morgan fingerprint density at radius 3 is 2.83 bits per heavy atom. The molecule has 0 saturated heterocycles. The Hall–Kier alpha value is -3.35. The van der Waals surface area contributed by atoms with E-state index in [2.05, 4.69) is 20.5 Å². The summed E-state index contributed by atoms with van der Waals surface area (Å²) < 4.78 is 13.1. The van der Waals surface area contributed by atoms with Crippen molar-refractivity contribution in [2.45, 2.75) is 0 Å². The van der Waals surface area contributed by atoms with E-state index in [4.69, 9.17) is 0 Å². The van der Waals surface area contributed by atoms with Gasteiger partial charge in [0.2, 0.25) is 0 Å². The Morgan fingerprint density at radius 1 is 1.22 bits per heavy atom. The molecule has 0 saturated carbocycles. The van der Waals surface area contributed by atoms with Crippen LogP contribution >= 0.6 is 0 Å². The van der Waals surface area contributed by atoms with E-state index in [1.165, 1.54) is 18.2 Å². The average Bonchev–Trinajstić information content (AvgIpc) is 2.56. The minimum atomic E-state index is -0.532. The highest BCUT2D eigenvalue weighted by Crippen LogP contribution is 2.10. The molecule has 2 N–H and O–H groups in total. The summed E-state index contributed by atoms with van der Waals surface area (Å²) in [6, 6.07) is 12.5. The molecule has 0 aliphatic carbocycles. The van der Waals surface area contributed by atoms with Crippen LogP contribution in [0.25, 0.3) is 11.0 Å². The first-order chi connectivity index (χ1) is 11.2. The quantitative estimate of drug-likeness (QED) is 0.439. The summed E-state index contributed by atoms with van der Waals surface area (Å²) in [5, 5.41) is 3.84. The Bertz CT molecular complexity index is 965. The second kappa shape index (κ2) is 6.18. The highest BCUT2D eigenvalue weighted by molar-refractivity contribution is 6.35. The maximum Gasteiger partial charge on any atom is 0.276 e. The first-order valence-corrected chi connectivity index (χ1v) is 6.71. The number of para-hydroxylation sites is 2. The van der Waals surface area contributed by atoms with E-state index >= 15 is 0 Å². The number of fused-ring (bicyclic) bond motifs is 1. The van der Waals surface area contributed by atoms with E-state index in [-0.39, 0.29) is 11.4 Å². The molecule has 0 aliphatic rings. The van der Waals surface area contributed by atoms with Gasteiger partial charge in [0, 0.05) is 0 Å². The largest absolute Gasteiger partial charge is 0.319 e. The molecular weight excluding hydrogens is 299 g/mol. The molecule has 0 aliphatic heterocycles. The fourth-order valence-corrected chi connectivity index (χ4v) is 2.02. The van der Waals surface area contributed by atoms with Gasteiger partial charge in [0.15, 0.2) is 17.7 Å². The van der Waals surface area contributed by atoms with Crippen molar-refractivity contribution in [1.82, 2.24) is 9.97 Å². The number of carbonyl (C=O) groups excluding carboxylic acids is 1. The lowest BCUT2D eigenvalue weighted by Crippen LogP contribution is -2.22. The Kier molecular flexibility index (Phi) is 3.92. The molecule has 0 unspecified atom stereocenters. The number of aromatic nitrogens is 2. The summed E-state index contributed by atoms with van der Waals surface area (Å²) in [4.78, 5) is 30.1. The minimum Gasteiger partial charge on any atom is -0.319 e. The van der Waals surface area contributed by atoms with Crippen LogP contribution in [0.15, 0.2) is 58.4 Å². The first kappa shape index (κ1) is 14.6. The second-order valence-corrected chi connectivity index (χ2v) is 4.67. The summed E-state index contributed by atoms with van der Waals surface area (Å²) in [7, 11) is 0. The van der Waals surface area contributed by atoms with Crippen molar-refractivity contribution in [2.75, 3.05) is 5.43 Å². The fourth-order valence-electron chi connectivity index (χ4n) is 2.02. The molecule has 0 bridgehead atoms. The number of H-pyrrole nitrogens is 1. The van der Waals surface area contributed by atoms with Gasteiger partial charge >= 0.3 is 0 Å². The number of halogens is 1. The van der Waals surface area contributed by atoms with Gasteiger partial charge in [0.1, 0.15) is 5.82 Å². The maximum atomic E-state index is 13.1. The molecular formula is C16H11FN4O2. The van der Waals surface area contributed by atoms with Gasteiger partial charge in [-0.25, -0.2) is 9.37 Å². The van der Waals surface area contributed by atoms with Crippen molar-refractivity contribution in [3.05, 3.63) is 70.4 Å². The Morgan fingerprint density at radius 2 is 2.04 bits per heavy atom. The number of hydrogen-bond acceptors (Lipinski definition) is 5. The van der Waals surface area contributed by atoms with Gasteiger partial charge in [0.05, 0.1) is 16.7 Å². The number of aromatic amines is 1. The Labute approximate surface area is 129 Å². The molecule has 23 heavy (non-hydrogen) atoms. The highest BCUT2D eigenvalue weighted by Gasteiger charge is 2.11. The maximum absolute atomic E-state index is 13.1. The SMILES string of the molecule is O=C/C(=N\Nc1cccc(F)c1)c1nc2ccccc2[nH]c1=O. The van der Waals surface area contributed by atoms with Crippen molar-refractivity contribution in [1.29, 1.82) is 0 Å². The topological polar surface area (TPSA) is 87.2 Å².